The summed E-state index contributed by atoms with van der Waals surface area (Å²) < 4.78 is 0. The van der Waals surface area contributed by atoms with Crippen molar-refractivity contribution in [2.24, 2.45) is 5.73 Å². The highest BCUT2D eigenvalue weighted by Crippen LogP contribution is 2.22. The molecule has 0 fully saturated rings. The second-order valence-electron chi connectivity index (χ2n) is 5.04. The van der Waals surface area contributed by atoms with Crippen molar-refractivity contribution in [3.63, 3.8) is 0 Å². The van der Waals surface area contributed by atoms with Gasteiger partial charge in [-0.2, -0.15) is 0 Å². The lowest BCUT2D eigenvalue weighted by Crippen LogP contribution is -2.30. The molecular weight excluding hydrogens is 254 g/mol. The molecule has 3 nitrogen and oxygen atoms in total. The van der Waals surface area contributed by atoms with Crippen LogP contribution in [0.3, 0.4) is 0 Å². The molecule has 102 valence electrons. The number of thiophene rings is 1. The summed E-state index contributed by atoms with van der Waals surface area (Å²) in [4.78, 5) is 8.15. The zero-order valence-corrected chi connectivity index (χ0v) is 12.5. The van der Waals surface area contributed by atoms with E-state index in [0.29, 0.717) is 6.04 Å². The van der Waals surface area contributed by atoms with E-state index in [1.165, 1.54) is 4.88 Å². The third kappa shape index (κ3) is 3.55. The van der Waals surface area contributed by atoms with Crippen LogP contribution >= 0.6 is 11.3 Å². The number of anilines is 1. The first kappa shape index (κ1) is 14.0. The quantitative estimate of drug-likeness (QED) is 0.907. The van der Waals surface area contributed by atoms with Gasteiger partial charge in [-0.15, -0.1) is 11.3 Å². The molecule has 0 aliphatic rings. The highest BCUT2D eigenvalue weighted by molar-refractivity contribution is 7.09. The van der Waals surface area contributed by atoms with Gasteiger partial charge >= 0.3 is 0 Å². The molecule has 2 aromatic heterocycles. The van der Waals surface area contributed by atoms with Crippen LogP contribution in [0.25, 0.3) is 0 Å². The lowest BCUT2D eigenvalue weighted by atomic mass is 10.1. The molecule has 0 unspecified atom stereocenters. The number of hydrogen-bond donors (Lipinski definition) is 1. The van der Waals surface area contributed by atoms with Gasteiger partial charge in [0.15, 0.2) is 0 Å². The topological polar surface area (TPSA) is 42.1 Å². The van der Waals surface area contributed by atoms with Gasteiger partial charge in [-0.1, -0.05) is 6.07 Å². The summed E-state index contributed by atoms with van der Waals surface area (Å²) >= 11 is 1.78. The van der Waals surface area contributed by atoms with E-state index in [9.17, 15) is 0 Å². The van der Waals surface area contributed by atoms with Crippen molar-refractivity contribution in [3.8, 4) is 0 Å². The van der Waals surface area contributed by atoms with Crippen molar-refractivity contribution in [2.75, 3.05) is 4.90 Å². The number of hydrogen-bond acceptors (Lipinski definition) is 4. The number of rotatable bonds is 5. The van der Waals surface area contributed by atoms with Crippen molar-refractivity contribution < 1.29 is 0 Å². The van der Waals surface area contributed by atoms with E-state index < -0.39 is 0 Å². The summed E-state index contributed by atoms with van der Waals surface area (Å²) in [6, 6.07) is 8.77. The van der Waals surface area contributed by atoms with Crippen LogP contribution in [0.15, 0.2) is 35.8 Å². The van der Waals surface area contributed by atoms with Crippen molar-refractivity contribution in [1.29, 1.82) is 0 Å². The molecule has 19 heavy (non-hydrogen) atoms. The third-order valence-electron chi connectivity index (χ3n) is 3.12. The minimum atomic E-state index is 0.0394. The van der Waals surface area contributed by atoms with Crippen LogP contribution in [-0.2, 0) is 6.54 Å². The Morgan fingerprint density at radius 2 is 2.11 bits per heavy atom. The maximum atomic E-state index is 5.95. The Balaban J connectivity index is 2.26. The van der Waals surface area contributed by atoms with Gasteiger partial charge < -0.3 is 10.6 Å². The smallest absolute Gasteiger partial charge is 0.129 e. The van der Waals surface area contributed by atoms with Crippen LogP contribution in [0.2, 0.25) is 0 Å². The van der Waals surface area contributed by atoms with Crippen LogP contribution in [0, 0.1) is 0 Å². The average Bonchev–Trinajstić information content (AvgIpc) is 2.88. The normalized spacial score (nSPS) is 12.7. The number of aromatic nitrogens is 1. The molecule has 0 aliphatic carbocycles. The van der Waals surface area contributed by atoms with Gasteiger partial charge in [0.25, 0.3) is 0 Å². The first-order valence-electron chi connectivity index (χ1n) is 6.58. The molecule has 2 rings (SSSR count). The Kier molecular flexibility index (Phi) is 4.56. The van der Waals surface area contributed by atoms with Crippen LogP contribution < -0.4 is 10.6 Å². The molecule has 0 saturated heterocycles. The van der Waals surface area contributed by atoms with Gasteiger partial charge in [-0.05, 0) is 49.9 Å². The fourth-order valence-electron chi connectivity index (χ4n) is 1.97. The van der Waals surface area contributed by atoms with Gasteiger partial charge in [-0.3, -0.25) is 0 Å². The van der Waals surface area contributed by atoms with E-state index in [-0.39, 0.29) is 6.04 Å². The summed E-state index contributed by atoms with van der Waals surface area (Å²) in [6.45, 7) is 7.27. The maximum absolute atomic E-state index is 5.95. The summed E-state index contributed by atoms with van der Waals surface area (Å²) in [6.07, 6.45) is 1.85. The van der Waals surface area contributed by atoms with Gasteiger partial charge in [0, 0.05) is 23.2 Å². The zero-order valence-electron chi connectivity index (χ0n) is 11.7. The molecule has 0 spiro atoms. The van der Waals surface area contributed by atoms with Crippen LogP contribution in [0.4, 0.5) is 5.82 Å². The minimum Gasteiger partial charge on any atom is -0.349 e. The van der Waals surface area contributed by atoms with E-state index in [0.717, 1.165) is 17.9 Å². The maximum Gasteiger partial charge on any atom is 0.129 e. The van der Waals surface area contributed by atoms with E-state index in [2.05, 4.69) is 47.3 Å². The van der Waals surface area contributed by atoms with Gasteiger partial charge in [0.1, 0.15) is 5.82 Å². The molecule has 2 heterocycles. The van der Waals surface area contributed by atoms with Crippen molar-refractivity contribution in [2.45, 2.75) is 39.4 Å². The standard InChI is InChI=1S/C15H21N3S/c1-11(2)18(10-14-5-4-8-19-14)15-9-13(12(3)16)6-7-17-15/h4-9,11-12H,10,16H2,1-3H3/t12-/m1/s1. The van der Waals surface area contributed by atoms with Crippen LogP contribution in [0.5, 0.6) is 0 Å². The zero-order chi connectivity index (χ0) is 13.8. The molecule has 0 aliphatic heterocycles. The summed E-state index contributed by atoms with van der Waals surface area (Å²) in [7, 11) is 0. The molecular formula is C15H21N3S. The highest BCUT2D eigenvalue weighted by Gasteiger charge is 2.14. The summed E-state index contributed by atoms with van der Waals surface area (Å²) in [5.41, 5.74) is 7.08. The number of nitrogens with two attached hydrogens (primary N) is 1. The lowest BCUT2D eigenvalue weighted by Gasteiger charge is -2.28. The SMILES string of the molecule is CC(C)N(Cc1cccs1)c1cc([C@@H](C)N)ccn1. The van der Waals surface area contributed by atoms with E-state index >= 15 is 0 Å². The predicted octanol–water partition coefficient (Wildman–Crippen LogP) is 3.58. The second kappa shape index (κ2) is 6.17. The Bertz CT molecular complexity index is 506. The monoisotopic (exact) mass is 275 g/mol. The van der Waals surface area contributed by atoms with Gasteiger partial charge in [-0.25, -0.2) is 4.98 Å². The fourth-order valence-corrected chi connectivity index (χ4v) is 2.68. The molecule has 4 heteroatoms. The largest absolute Gasteiger partial charge is 0.349 e. The van der Waals surface area contributed by atoms with E-state index in [1.807, 2.05) is 19.2 Å². The Morgan fingerprint density at radius 1 is 1.32 bits per heavy atom. The fraction of sp³-hybridized carbons (Fsp3) is 0.400. The number of nitrogens with zero attached hydrogens (tertiary/aromatic N) is 2. The molecule has 1 atom stereocenters. The average molecular weight is 275 g/mol. The molecule has 0 bridgehead atoms. The van der Waals surface area contributed by atoms with Crippen LogP contribution in [0.1, 0.15) is 37.3 Å². The van der Waals surface area contributed by atoms with E-state index in [1.54, 1.807) is 11.3 Å². The van der Waals surface area contributed by atoms with Crippen molar-refractivity contribution >= 4 is 17.2 Å². The molecule has 0 saturated carbocycles. The first-order valence-corrected chi connectivity index (χ1v) is 7.46. The minimum absolute atomic E-state index is 0.0394. The molecule has 0 amide bonds. The van der Waals surface area contributed by atoms with Crippen molar-refractivity contribution in [3.05, 3.63) is 46.3 Å². The Hall–Kier alpha value is -1.39. The molecule has 2 aromatic rings. The molecule has 0 aromatic carbocycles. The van der Waals surface area contributed by atoms with Gasteiger partial charge in [0.2, 0.25) is 0 Å². The summed E-state index contributed by atoms with van der Waals surface area (Å²) in [5.74, 6) is 0.998. The highest BCUT2D eigenvalue weighted by atomic mass is 32.1. The molecule has 2 N–H and O–H groups in total. The second-order valence-corrected chi connectivity index (χ2v) is 6.07. The molecule has 0 radical (unpaired) electrons. The first-order chi connectivity index (χ1) is 9.08. The van der Waals surface area contributed by atoms with Gasteiger partial charge in [0.05, 0.1) is 6.54 Å². The summed E-state index contributed by atoms with van der Waals surface area (Å²) in [5, 5.41) is 2.11. The third-order valence-corrected chi connectivity index (χ3v) is 3.98. The lowest BCUT2D eigenvalue weighted by molar-refractivity contribution is 0.675. The van der Waals surface area contributed by atoms with Crippen molar-refractivity contribution in [1.82, 2.24) is 4.98 Å². The number of pyridine rings is 1. The Morgan fingerprint density at radius 3 is 2.68 bits per heavy atom. The van der Waals surface area contributed by atoms with Crippen LogP contribution in [-0.4, -0.2) is 11.0 Å². The van der Waals surface area contributed by atoms with E-state index in [4.69, 9.17) is 5.73 Å². The predicted molar refractivity (Wildman–Crippen MR) is 82.5 cm³/mol. The Labute approximate surface area is 119 Å².